The van der Waals surface area contributed by atoms with Crippen LogP contribution in [0.1, 0.15) is 88.2 Å². The number of tetrazole rings is 1. The van der Waals surface area contributed by atoms with Crippen LogP contribution < -0.4 is 4.74 Å². The fraction of sp³-hybridized carbons (Fsp3) is 0.562. The van der Waals surface area contributed by atoms with Crippen molar-refractivity contribution in [3.05, 3.63) is 58.6 Å². The van der Waals surface area contributed by atoms with Gasteiger partial charge in [0.2, 0.25) is 5.16 Å². The summed E-state index contributed by atoms with van der Waals surface area (Å²) in [5.41, 5.74) is 3.89. The maximum atomic E-state index is 12.6. The van der Waals surface area contributed by atoms with Crippen molar-refractivity contribution < 1.29 is 9.53 Å². The van der Waals surface area contributed by atoms with Crippen LogP contribution in [-0.4, -0.2) is 38.4 Å². The van der Waals surface area contributed by atoms with E-state index < -0.39 is 0 Å². The number of unbranched alkanes of at least 4 members (excludes halogenated alkanes) is 4. The van der Waals surface area contributed by atoms with Crippen molar-refractivity contribution in [2.75, 3.05) is 12.4 Å². The van der Waals surface area contributed by atoms with Crippen LogP contribution in [0.5, 0.6) is 5.75 Å². The number of halogens is 1. The average Bonchev–Trinajstić information content (AvgIpc) is 3.56. The number of carbonyl (C=O) groups excluding carboxylic acids is 1. The smallest absolute Gasteiger partial charge is 0.214 e. The predicted octanol–water partition coefficient (Wildman–Crippen LogP) is 7.86. The third-order valence-corrected chi connectivity index (χ3v) is 11.0. The Bertz CT molecular complexity index is 1330. The Hall–Kier alpha value is -2.38. The number of hydrogen-bond acceptors (Lipinski definition) is 6. The first kappa shape index (κ1) is 27.8. The number of rotatable bonds is 11. The molecule has 2 saturated carbocycles. The molecule has 3 aliphatic rings. The number of aromatic nitrogens is 4. The monoisotopic (exact) mass is 578 g/mol. The van der Waals surface area contributed by atoms with Gasteiger partial charge in [-0.1, -0.05) is 55.6 Å². The number of aryl methyl sites for hydroxylation is 1. The van der Waals surface area contributed by atoms with E-state index in [1.165, 1.54) is 36.8 Å². The quantitative estimate of drug-likeness (QED) is 0.170. The van der Waals surface area contributed by atoms with Crippen LogP contribution in [0.25, 0.3) is 5.69 Å². The highest BCUT2D eigenvalue weighted by atomic mass is 35.5. The average molecular weight is 579 g/mol. The number of thioether (sulfide) groups is 1. The number of nitrogens with zero attached hydrogens (tertiary/aromatic N) is 4. The summed E-state index contributed by atoms with van der Waals surface area (Å²) < 4.78 is 7.93. The second-order valence-corrected chi connectivity index (χ2v) is 13.5. The summed E-state index contributed by atoms with van der Waals surface area (Å²) in [5, 5.41) is 13.6. The van der Waals surface area contributed by atoms with E-state index in [1.54, 1.807) is 16.4 Å². The van der Waals surface area contributed by atoms with Gasteiger partial charge >= 0.3 is 0 Å². The lowest BCUT2D eigenvalue weighted by Gasteiger charge is -2.48. The minimum absolute atomic E-state index is 0.0447. The summed E-state index contributed by atoms with van der Waals surface area (Å²) in [6, 6.07) is 14.4. The molecule has 4 atom stereocenters. The third-order valence-electron chi connectivity index (χ3n) is 9.71. The van der Waals surface area contributed by atoms with E-state index in [9.17, 15) is 4.79 Å². The molecule has 0 N–H and O–H groups in total. The standard InChI is InChI=1S/C32H39ClN4O2S/c1-32-18-17-27-26-14-12-25(21-22(26)7-13-28(27)29(32)15-16-30(32)38)39-19-5-3-2-4-6-20-40-31-34-35-36-37(31)24-10-8-23(33)9-11-24/h8-12,14,21,27-29H,2-7,13,15-20H2,1H3/t27-,28-,29+,32+/m1/s1. The fourth-order valence-electron chi connectivity index (χ4n) is 7.52. The van der Waals surface area contributed by atoms with Crippen LogP contribution in [0.2, 0.25) is 5.02 Å². The predicted molar refractivity (Wildman–Crippen MR) is 160 cm³/mol. The summed E-state index contributed by atoms with van der Waals surface area (Å²) >= 11 is 7.69. The molecule has 0 unspecified atom stereocenters. The van der Waals surface area contributed by atoms with Gasteiger partial charge in [-0.3, -0.25) is 4.79 Å². The summed E-state index contributed by atoms with van der Waals surface area (Å²) in [6.07, 6.45) is 12.3. The number of benzene rings is 2. The first-order valence-corrected chi connectivity index (χ1v) is 16.4. The lowest BCUT2D eigenvalue weighted by Crippen LogP contribution is -2.42. The summed E-state index contributed by atoms with van der Waals surface area (Å²) in [7, 11) is 0. The molecule has 0 spiro atoms. The third kappa shape index (κ3) is 5.69. The number of ketones is 1. The van der Waals surface area contributed by atoms with E-state index >= 15 is 0 Å². The molecule has 1 heterocycles. The molecule has 1 aromatic heterocycles. The van der Waals surface area contributed by atoms with Crippen LogP contribution in [0, 0.1) is 17.3 Å². The van der Waals surface area contributed by atoms with Crippen molar-refractivity contribution in [2.24, 2.45) is 17.3 Å². The summed E-state index contributed by atoms with van der Waals surface area (Å²) in [5.74, 6) is 4.44. The number of hydrogen-bond donors (Lipinski definition) is 0. The van der Waals surface area contributed by atoms with Crippen molar-refractivity contribution in [1.82, 2.24) is 20.2 Å². The van der Waals surface area contributed by atoms with Crippen LogP contribution >= 0.6 is 23.4 Å². The lowest BCUT2D eigenvalue weighted by atomic mass is 9.55. The van der Waals surface area contributed by atoms with Crippen molar-refractivity contribution in [3.63, 3.8) is 0 Å². The lowest BCUT2D eigenvalue weighted by molar-refractivity contribution is -0.129. The normalized spacial score (nSPS) is 25.4. The molecule has 0 aliphatic heterocycles. The van der Waals surface area contributed by atoms with E-state index in [1.807, 2.05) is 24.3 Å². The molecule has 3 aliphatic carbocycles. The Morgan fingerprint density at radius 2 is 1.85 bits per heavy atom. The highest BCUT2D eigenvalue weighted by molar-refractivity contribution is 7.99. The van der Waals surface area contributed by atoms with Crippen LogP contribution in [0.4, 0.5) is 0 Å². The van der Waals surface area contributed by atoms with Gasteiger partial charge in [0.05, 0.1) is 12.3 Å². The molecule has 2 fully saturated rings. The number of ether oxygens (including phenoxy) is 1. The van der Waals surface area contributed by atoms with Gasteiger partial charge in [-0.15, -0.1) is 5.10 Å². The Labute approximate surface area is 246 Å². The zero-order chi connectivity index (χ0) is 27.5. The van der Waals surface area contributed by atoms with E-state index in [-0.39, 0.29) is 5.41 Å². The molecule has 0 amide bonds. The molecule has 0 saturated heterocycles. The molecular formula is C32H39ClN4O2S. The number of fused-ring (bicyclic) bond motifs is 5. The highest BCUT2D eigenvalue weighted by Crippen LogP contribution is 2.59. The largest absolute Gasteiger partial charge is 0.494 e. The van der Waals surface area contributed by atoms with Gasteiger partial charge in [-0.25, -0.2) is 0 Å². The Kier molecular flexibility index (Phi) is 8.50. The zero-order valence-electron chi connectivity index (χ0n) is 23.4. The van der Waals surface area contributed by atoms with Crippen LogP contribution in [0.3, 0.4) is 0 Å². The Balaban J connectivity index is 0.891. The first-order valence-electron chi connectivity index (χ1n) is 15.0. The van der Waals surface area contributed by atoms with Gasteiger partial charge < -0.3 is 4.74 Å². The van der Waals surface area contributed by atoms with Gasteiger partial charge in [0, 0.05) is 22.6 Å². The molecular weight excluding hydrogens is 540 g/mol. The van der Waals surface area contributed by atoms with Crippen molar-refractivity contribution >= 4 is 29.1 Å². The number of carbonyl (C=O) groups is 1. The second kappa shape index (κ2) is 12.2. The molecule has 0 radical (unpaired) electrons. The molecule has 6 nitrogen and oxygen atoms in total. The van der Waals surface area contributed by atoms with Crippen molar-refractivity contribution in [3.8, 4) is 11.4 Å². The topological polar surface area (TPSA) is 69.9 Å². The van der Waals surface area contributed by atoms with E-state index in [0.717, 1.165) is 73.9 Å². The van der Waals surface area contributed by atoms with Gasteiger partial charge in [-0.2, -0.15) is 4.68 Å². The van der Waals surface area contributed by atoms with Crippen molar-refractivity contribution in [1.29, 1.82) is 0 Å². The molecule has 3 aromatic rings. The van der Waals surface area contributed by atoms with E-state index in [0.29, 0.717) is 28.6 Å². The number of Topliss-reactive ketones (excluding diaryl/α,β-unsaturated/α-hetero) is 1. The minimum Gasteiger partial charge on any atom is -0.494 e. The first-order chi connectivity index (χ1) is 19.5. The van der Waals surface area contributed by atoms with Gasteiger partial charge in [0.25, 0.3) is 0 Å². The highest BCUT2D eigenvalue weighted by Gasteiger charge is 2.54. The van der Waals surface area contributed by atoms with E-state index in [2.05, 4.69) is 40.6 Å². The maximum absolute atomic E-state index is 12.6. The molecule has 6 rings (SSSR count). The Morgan fingerprint density at radius 3 is 2.73 bits per heavy atom. The zero-order valence-corrected chi connectivity index (χ0v) is 24.9. The molecule has 40 heavy (non-hydrogen) atoms. The summed E-state index contributed by atoms with van der Waals surface area (Å²) in [6.45, 7) is 3.03. The van der Waals surface area contributed by atoms with Gasteiger partial charge in [0.15, 0.2) is 0 Å². The molecule has 8 heteroatoms. The van der Waals surface area contributed by atoms with E-state index in [4.69, 9.17) is 16.3 Å². The van der Waals surface area contributed by atoms with Crippen molar-refractivity contribution in [2.45, 2.75) is 88.6 Å². The molecule has 212 valence electrons. The molecule has 0 bridgehead atoms. The fourth-order valence-corrected chi connectivity index (χ4v) is 8.54. The maximum Gasteiger partial charge on any atom is 0.214 e. The van der Waals surface area contributed by atoms with Gasteiger partial charge in [0.1, 0.15) is 11.5 Å². The van der Waals surface area contributed by atoms with Crippen LogP contribution in [-0.2, 0) is 11.2 Å². The second-order valence-electron chi connectivity index (χ2n) is 12.0. The minimum atomic E-state index is -0.0447. The van der Waals surface area contributed by atoms with Gasteiger partial charge in [-0.05, 0) is 121 Å². The molecule has 2 aromatic carbocycles. The summed E-state index contributed by atoms with van der Waals surface area (Å²) in [4.78, 5) is 12.6. The SMILES string of the molecule is C[C@]12CC[C@@H]3c4ccc(OCCCCCCCSc5nnnn5-c5ccc(Cl)cc5)cc4CC[C@H]3[C@@H]1CCC2=O. The Morgan fingerprint density at radius 1 is 1.02 bits per heavy atom. The van der Waals surface area contributed by atoms with Crippen LogP contribution in [0.15, 0.2) is 47.6 Å².